The number of Topliss-reactive ketones (excluding diaryl/α,β-unsaturated/α-hetero) is 1. The van der Waals surface area contributed by atoms with Crippen molar-refractivity contribution in [1.82, 2.24) is 5.32 Å². The molecular formula is C9H17NO2. The molecule has 0 aromatic carbocycles. The Hall–Kier alpha value is -0.860. The Labute approximate surface area is 73.5 Å². The number of rotatable bonds is 6. The highest BCUT2D eigenvalue weighted by atomic mass is 16.1. The van der Waals surface area contributed by atoms with E-state index in [2.05, 4.69) is 5.32 Å². The first-order valence-electron chi connectivity index (χ1n) is 4.37. The summed E-state index contributed by atoms with van der Waals surface area (Å²) >= 11 is 0. The Balaban J connectivity index is 4.24. The van der Waals surface area contributed by atoms with Crippen molar-refractivity contribution < 1.29 is 9.59 Å². The van der Waals surface area contributed by atoms with Crippen LogP contribution >= 0.6 is 0 Å². The monoisotopic (exact) mass is 171 g/mol. The van der Waals surface area contributed by atoms with Gasteiger partial charge in [-0.1, -0.05) is 26.7 Å². The van der Waals surface area contributed by atoms with E-state index in [4.69, 9.17) is 0 Å². The van der Waals surface area contributed by atoms with Gasteiger partial charge in [0.1, 0.15) is 0 Å². The van der Waals surface area contributed by atoms with Crippen LogP contribution in [0, 0.1) is 5.92 Å². The number of carbonyl (C=O) groups is 2. The van der Waals surface area contributed by atoms with Crippen molar-refractivity contribution >= 4 is 12.2 Å². The zero-order valence-corrected chi connectivity index (χ0v) is 7.96. The van der Waals surface area contributed by atoms with Gasteiger partial charge in [0.05, 0.1) is 6.04 Å². The second-order valence-electron chi connectivity index (χ2n) is 2.95. The summed E-state index contributed by atoms with van der Waals surface area (Å²) in [4.78, 5) is 21.3. The second-order valence-corrected chi connectivity index (χ2v) is 2.95. The number of hydrogen-bond donors (Lipinski definition) is 1. The van der Waals surface area contributed by atoms with E-state index in [0.29, 0.717) is 6.41 Å². The molecule has 3 heteroatoms. The minimum atomic E-state index is -0.294. The quantitative estimate of drug-likeness (QED) is 0.609. The van der Waals surface area contributed by atoms with Gasteiger partial charge in [0.2, 0.25) is 6.41 Å². The molecule has 12 heavy (non-hydrogen) atoms. The normalized spacial score (nSPS) is 12.7. The van der Waals surface area contributed by atoms with Crippen LogP contribution in [0.1, 0.15) is 33.6 Å². The molecule has 1 unspecified atom stereocenters. The average molecular weight is 171 g/mol. The van der Waals surface area contributed by atoms with Gasteiger partial charge in [-0.3, -0.25) is 9.59 Å². The summed E-state index contributed by atoms with van der Waals surface area (Å²) in [6, 6.07) is -0.294. The summed E-state index contributed by atoms with van der Waals surface area (Å²) in [5, 5.41) is 2.55. The minimum absolute atomic E-state index is 0.0378. The number of carbonyl (C=O) groups excluding carboxylic acids is 2. The topological polar surface area (TPSA) is 46.2 Å². The third-order valence-corrected chi connectivity index (χ3v) is 2.21. The highest BCUT2D eigenvalue weighted by Crippen LogP contribution is 2.13. The van der Waals surface area contributed by atoms with Crippen LogP contribution in [0.15, 0.2) is 0 Å². The van der Waals surface area contributed by atoms with Gasteiger partial charge in [-0.15, -0.1) is 0 Å². The molecule has 0 spiro atoms. The number of hydrogen-bond acceptors (Lipinski definition) is 2. The Bertz CT molecular complexity index is 153. The lowest BCUT2D eigenvalue weighted by Crippen LogP contribution is -2.40. The van der Waals surface area contributed by atoms with Gasteiger partial charge in [0.15, 0.2) is 5.78 Å². The van der Waals surface area contributed by atoms with Gasteiger partial charge in [-0.25, -0.2) is 0 Å². The number of nitrogens with one attached hydrogen (secondary N) is 1. The van der Waals surface area contributed by atoms with Crippen LogP contribution < -0.4 is 5.32 Å². The molecule has 0 heterocycles. The molecule has 0 aliphatic carbocycles. The van der Waals surface area contributed by atoms with E-state index in [-0.39, 0.29) is 17.7 Å². The smallest absolute Gasteiger partial charge is 0.207 e. The summed E-state index contributed by atoms with van der Waals surface area (Å²) in [5.41, 5.74) is 0. The van der Waals surface area contributed by atoms with Crippen LogP contribution in [0.25, 0.3) is 0 Å². The van der Waals surface area contributed by atoms with Crippen molar-refractivity contribution in [2.75, 3.05) is 0 Å². The van der Waals surface area contributed by atoms with Crippen molar-refractivity contribution in [3.8, 4) is 0 Å². The van der Waals surface area contributed by atoms with Crippen molar-refractivity contribution in [3.05, 3.63) is 0 Å². The zero-order chi connectivity index (χ0) is 9.56. The van der Waals surface area contributed by atoms with E-state index in [1.807, 2.05) is 13.8 Å². The van der Waals surface area contributed by atoms with E-state index in [1.165, 1.54) is 6.92 Å². The van der Waals surface area contributed by atoms with E-state index in [1.54, 1.807) is 0 Å². The molecule has 0 saturated carbocycles. The fourth-order valence-corrected chi connectivity index (χ4v) is 1.42. The molecule has 0 aliphatic heterocycles. The van der Waals surface area contributed by atoms with Crippen molar-refractivity contribution in [2.24, 2.45) is 5.92 Å². The lowest BCUT2D eigenvalue weighted by atomic mass is 9.92. The van der Waals surface area contributed by atoms with Crippen LogP contribution in [-0.4, -0.2) is 18.2 Å². The predicted octanol–water partition coefficient (Wildman–Crippen LogP) is 1.13. The summed E-state index contributed by atoms with van der Waals surface area (Å²) in [6.07, 6.45) is 2.44. The van der Waals surface area contributed by atoms with Crippen LogP contribution in [0.5, 0.6) is 0 Å². The van der Waals surface area contributed by atoms with E-state index in [9.17, 15) is 9.59 Å². The fourth-order valence-electron chi connectivity index (χ4n) is 1.42. The number of ketones is 1. The molecule has 0 radical (unpaired) electrons. The standard InChI is InChI=1S/C9H17NO2/c1-4-8(5-2)9(7(3)12)10-6-11/h6,8-9H,4-5H2,1-3H3,(H,10,11). The first kappa shape index (κ1) is 11.1. The molecule has 3 nitrogen and oxygen atoms in total. The lowest BCUT2D eigenvalue weighted by molar-refractivity contribution is -0.123. The molecule has 0 aliphatic rings. The molecule has 0 saturated heterocycles. The van der Waals surface area contributed by atoms with E-state index >= 15 is 0 Å². The SMILES string of the molecule is CCC(CC)C(NC=O)C(C)=O. The van der Waals surface area contributed by atoms with Crippen LogP contribution in [0.4, 0.5) is 0 Å². The molecular weight excluding hydrogens is 154 g/mol. The second kappa shape index (κ2) is 5.75. The summed E-state index contributed by atoms with van der Waals surface area (Å²) in [6.45, 7) is 5.56. The first-order chi connectivity index (χ1) is 5.67. The Morgan fingerprint density at radius 3 is 2.17 bits per heavy atom. The van der Waals surface area contributed by atoms with Crippen LogP contribution in [0.3, 0.4) is 0 Å². The van der Waals surface area contributed by atoms with Gasteiger partial charge in [-0.2, -0.15) is 0 Å². The molecule has 0 aromatic heterocycles. The van der Waals surface area contributed by atoms with Gasteiger partial charge in [0.25, 0.3) is 0 Å². The van der Waals surface area contributed by atoms with Crippen molar-refractivity contribution in [3.63, 3.8) is 0 Å². The highest BCUT2D eigenvalue weighted by molar-refractivity contribution is 5.83. The minimum Gasteiger partial charge on any atom is -0.349 e. The third-order valence-electron chi connectivity index (χ3n) is 2.21. The Morgan fingerprint density at radius 1 is 1.42 bits per heavy atom. The fraction of sp³-hybridized carbons (Fsp3) is 0.778. The summed E-state index contributed by atoms with van der Waals surface area (Å²) in [7, 11) is 0. The van der Waals surface area contributed by atoms with Gasteiger partial charge in [-0.05, 0) is 12.8 Å². The molecule has 1 atom stereocenters. The molecule has 70 valence electrons. The Morgan fingerprint density at radius 2 is 1.92 bits per heavy atom. The molecule has 1 amide bonds. The number of amides is 1. The van der Waals surface area contributed by atoms with Gasteiger partial charge < -0.3 is 5.32 Å². The van der Waals surface area contributed by atoms with Gasteiger partial charge in [0, 0.05) is 0 Å². The zero-order valence-electron chi connectivity index (χ0n) is 7.96. The maximum atomic E-state index is 11.1. The molecule has 0 fully saturated rings. The average Bonchev–Trinajstić information content (AvgIpc) is 2.05. The predicted molar refractivity (Wildman–Crippen MR) is 47.7 cm³/mol. The van der Waals surface area contributed by atoms with Gasteiger partial charge >= 0.3 is 0 Å². The van der Waals surface area contributed by atoms with E-state index < -0.39 is 0 Å². The first-order valence-corrected chi connectivity index (χ1v) is 4.37. The third kappa shape index (κ3) is 3.03. The molecule has 1 N–H and O–H groups in total. The molecule has 0 bridgehead atoms. The molecule has 0 rings (SSSR count). The lowest BCUT2D eigenvalue weighted by Gasteiger charge is -2.21. The summed E-state index contributed by atoms with van der Waals surface area (Å²) < 4.78 is 0. The van der Waals surface area contributed by atoms with Crippen LogP contribution in [-0.2, 0) is 9.59 Å². The molecule has 0 aromatic rings. The largest absolute Gasteiger partial charge is 0.349 e. The van der Waals surface area contributed by atoms with E-state index in [0.717, 1.165) is 12.8 Å². The van der Waals surface area contributed by atoms with Crippen LogP contribution in [0.2, 0.25) is 0 Å². The maximum Gasteiger partial charge on any atom is 0.207 e. The highest BCUT2D eigenvalue weighted by Gasteiger charge is 2.21. The Kier molecular flexibility index (Phi) is 5.34. The maximum absolute atomic E-state index is 11.1. The van der Waals surface area contributed by atoms with Crippen molar-refractivity contribution in [2.45, 2.75) is 39.7 Å². The summed E-state index contributed by atoms with van der Waals surface area (Å²) in [5.74, 6) is 0.309. The van der Waals surface area contributed by atoms with Crippen molar-refractivity contribution in [1.29, 1.82) is 0 Å².